The molecule has 1 heterocycles. The fourth-order valence-electron chi connectivity index (χ4n) is 2.99. The van der Waals surface area contributed by atoms with Gasteiger partial charge in [-0.15, -0.1) is 0 Å². The number of halogens is 3. The zero-order valence-electron chi connectivity index (χ0n) is 14.2. The first kappa shape index (κ1) is 20.0. The number of nitrogens with zero attached hydrogens (tertiary/aromatic N) is 1. The molecular formula is C17H21F3N2O4. The van der Waals surface area contributed by atoms with E-state index in [-0.39, 0.29) is 6.54 Å². The molecule has 1 unspecified atom stereocenters. The van der Waals surface area contributed by atoms with Gasteiger partial charge in [0.05, 0.1) is 17.9 Å². The van der Waals surface area contributed by atoms with Crippen LogP contribution < -0.4 is 5.32 Å². The monoisotopic (exact) mass is 374 g/mol. The summed E-state index contributed by atoms with van der Waals surface area (Å²) in [7, 11) is 0. The average molecular weight is 374 g/mol. The number of nitrogens with one attached hydrogen (secondary N) is 1. The summed E-state index contributed by atoms with van der Waals surface area (Å²) in [5.41, 5.74) is 0.827. The Bertz CT molecular complexity index is 624. The maximum atomic E-state index is 13.0. The zero-order chi connectivity index (χ0) is 19.3. The van der Waals surface area contributed by atoms with Crippen molar-refractivity contribution >= 4 is 12.0 Å². The van der Waals surface area contributed by atoms with E-state index in [4.69, 9.17) is 9.84 Å². The maximum Gasteiger partial charge on any atom is 0.394 e. The second kappa shape index (κ2) is 8.39. The lowest BCUT2D eigenvalue weighted by Crippen LogP contribution is -2.41. The average Bonchev–Trinajstić information content (AvgIpc) is 3.05. The molecule has 2 amide bonds. The summed E-state index contributed by atoms with van der Waals surface area (Å²) in [5, 5.41) is 11.5. The van der Waals surface area contributed by atoms with Crippen molar-refractivity contribution in [1.82, 2.24) is 10.2 Å². The maximum absolute atomic E-state index is 13.0. The summed E-state index contributed by atoms with van der Waals surface area (Å²) in [4.78, 5) is 24.2. The predicted octanol–water partition coefficient (Wildman–Crippen LogP) is 2.67. The molecule has 0 spiro atoms. The van der Waals surface area contributed by atoms with E-state index in [1.54, 1.807) is 6.92 Å². The zero-order valence-corrected chi connectivity index (χ0v) is 14.2. The number of hydrogen-bond acceptors (Lipinski definition) is 3. The normalized spacial score (nSPS) is 21.5. The molecule has 2 N–H and O–H groups in total. The Hall–Kier alpha value is -2.29. The van der Waals surface area contributed by atoms with Crippen molar-refractivity contribution in [3.63, 3.8) is 0 Å². The van der Waals surface area contributed by atoms with Crippen molar-refractivity contribution in [3.8, 4) is 0 Å². The summed E-state index contributed by atoms with van der Waals surface area (Å²) in [6.07, 6.45) is -5.11. The fourth-order valence-corrected chi connectivity index (χ4v) is 2.99. The largest absolute Gasteiger partial charge is 0.481 e. The van der Waals surface area contributed by atoms with Crippen LogP contribution in [0.4, 0.5) is 18.0 Å². The van der Waals surface area contributed by atoms with Crippen molar-refractivity contribution in [2.24, 2.45) is 11.8 Å². The van der Waals surface area contributed by atoms with Crippen molar-refractivity contribution in [2.45, 2.75) is 19.2 Å². The number of benzene rings is 1. The van der Waals surface area contributed by atoms with Crippen LogP contribution in [0.25, 0.3) is 0 Å². The molecular weight excluding hydrogens is 353 g/mol. The molecule has 1 aromatic carbocycles. The third-order valence-electron chi connectivity index (χ3n) is 4.32. The topological polar surface area (TPSA) is 78.9 Å². The lowest BCUT2D eigenvalue weighted by atomic mass is 9.96. The van der Waals surface area contributed by atoms with Crippen LogP contribution in [0.1, 0.15) is 18.6 Å². The highest BCUT2D eigenvalue weighted by molar-refractivity contribution is 5.77. The fraction of sp³-hybridized carbons (Fsp3) is 0.529. The third-order valence-corrected chi connectivity index (χ3v) is 4.32. The van der Waals surface area contributed by atoms with Crippen LogP contribution in [-0.2, 0) is 9.53 Å². The van der Waals surface area contributed by atoms with Gasteiger partial charge in [-0.1, -0.05) is 30.3 Å². The van der Waals surface area contributed by atoms with Crippen LogP contribution in [0.5, 0.6) is 0 Å². The molecule has 9 heteroatoms. The Balaban J connectivity index is 1.99. The van der Waals surface area contributed by atoms with Crippen molar-refractivity contribution in [2.75, 3.05) is 26.2 Å². The Morgan fingerprint density at radius 3 is 2.46 bits per heavy atom. The number of carboxylic acids is 1. The van der Waals surface area contributed by atoms with Gasteiger partial charge in [-0.2, -0.15) is 13.2 Å². The van der Waals surface area contributed by atoms with E-state index in [1.807, 2.05) is 30.3 Å². The molecule has 1 aliphatic heterocycles. The molecule has 6 nitrogen and oxygen atoms in total. The molecule has 0 aliphatic carbocycles. The smallest absolute Gasteiger partial charge is 0.394 e. The molecule has 1 fully saturated rings. The summed E-state index contributed by atoms with van der Waals surface area (Å²) >= 11 is 0. The standard InChI is InChI=1S/C17H21F3N2O4/c1-2-26-14(11-6-4-3-5-7-11)8-21-16(25)22-9-12(15(23)24)13(10-22)17(18,19)20/h3-7,12-14H,2,8-10H2,1H3,(H,21,25)(H,23,24)/t12-,13-,14?/m1/s1. The van der Waals surface area contributed by atoms with Gasteiger partial charge < -0.3 is 20.1 Å². The minimum Gasteiger partial charge on any atom is -0.481 e. The van der Waals surface area contributed by atoms with Gasteiger partial charge in [-0.25, -0.2) is 4.79 Å². The van der Waals surface area contributed by atoms with Gasteiger partial charge in [-0.05, 0) is 12.5 Å². The number of rotatable bonds is 6. The van der Waals surface area contributed by atoms with Crippen LogP contribution in [-0.4, -0.2) is 54.4 Å². The minimum atomic E-state index is -4.67. The Labute approximate surface area is 148 Å². The number of ether oxygens (including phenoxy) is 1. The quantitative estimate of drug-likeness (QED) is 0.803. The lowest BCUT2D eigenvalue weighted by Gasteiger charge is -2.22. The summed E-state index contributed by atoms with van der Waals surface area (Å²) in [5.74, 6) is -5.28. The molecule has 0 radical (unpaired) electrons. The van der Waals surface area contributed by atoms with Gasteiger partial charge in [0.15, 0.2) is 0 Å². The summed E-state index contributed by atoms with van der Waals surface area (Å²) in [6.45, 7) is 1.12. The number of carbonyl (C=O) groups excluding carboxylic acids is 1. The van der Waals surface area contributed by atoms with E-state index >= 15 is 0 Å². The van der Waals surface area contributed by atoms with E-state index in [9.17, 15) is 22.8 Å². The van der Waals surface area contributed by atoms with E-state index in [0.29, 0.717) is 6.61 Å². The number of amides is 2. The van der Waals surface area contributed by atoms with Gasteiger partial charge in [0, 0.05) is 26.2 Å². The van der Waals surface area contributed by atoms with Gasteiger partial charge in [0.2, 0.25) is 0 Å². The van der Waals surface area contributed by atoms with Gasteiger partial charge in [0.25, 0.3) is 0 Å². The van der Waals surface area contributed by atoms with Crippen molar-refractivity contribution in [1.29, 1.82) is 0 Å². The van der Waals surface area contributed by atoms with E-state index < -0.39 is 49.2 Å². The van der Waals surface area contributed by atoms with Crippen LogP contribution in [0.15, 0.2) is 30.3 Å². The molecule has 26 heavy (non-hydrogen) atoms. The first-order valence-electron chi connectivity index (χ1n) is 8.22. The van der Waals surface area contributed by atoms with Crippen LogP contribution in [0.3, 0.4) is 0 Å². The number of likely N-dealkylation sites (tertiary alicyclic amines) is 1. The van der Waals surface area contributed by atoms with E-state index in [1.165, 1.54) is 0 Å². The highest BCUT2D eigenvalue weighted by Gasteiger charge is 2.53. The predicted molar refractivity (Wildman–Crippen MR) is 86.5 cm³/mol. The number of carboxylic acid groups (broad SMARTS) is 1. The minimum absolute atomic E-state index is 0.0710. The molecule has 1 aliphatic rings. The molecule has 1 saturated heterocycles. The number of carbonyl (C=O) groups is 2. The van der Waals surface area contributed by atoms with E-state index in [0.717, 1.165) is 10.5 Å². The second-order valence-electron chi connectivity index (χ2n) is 6.04. The van der Waals surface area contributed by atoms with Crippen LogP contribution in [0, 0.1) is 11.8 Å². The van der Waals surface area contributed by atoms with Gasteiger partial charge in [-0.3, -0.25) is 4.79 Å². The first-order chi connectivity index (χ1) is 12.2. The molecule has 3 atom stereocenters. The van der Waals surface area contributed by atoms with Crippen molar-refractivity contribution < 1.29 is 32.6 Å². The molecule has 2 rings (SSSR count). The van der Waals surface area contributed by atoms with Gasteiger partial charge in [0.1, 0.15) is 0 Å². The molecule has 0 saturated carbocycles. The van der Waals surface area contributed by atoms with E-state index in [2.05, 4.69) is 5.32 Å². The number of hydrogen-bond donors (Lipinski definition) is 2. The van der Waals surface area contributed by atoms with Crippen LogP contribution >= 0.6 is 0 Å². The number of alkyl halides is 3. The third kappa shape index (κ3) is 4.87. The van der Waals surface area contributed by atoms with Gasteiger partial charge >= 0.3 is 18.2 Å². The molecule has 1 aromatic rings. The molecule has 0 bridgehead atoms. The number of urea groups is 1. The second-order valence-corrected chi connectivity index (χ2v) is 6.04. The molecule has 144 valence electrons. The SMILES string of the molecule is CCOC(CNC(=O)N1C[C@@H](C(F)(F)F)[C@H](C(=O)O)C1)c1ccccc1. The van der Waals surface area contributed by atoms with Crippen LogP contribution in [0.2, 0.25) is 0 Å². The first-order valence-corrected chi connectivity index (χ1v) is 8.22. The Morgan fingerprint density at radius 2 is 1.96 bits per heavy atom. The Kier molecular flexibility index (Phi) is 6.47. The summed E-state index contributed by atoms with van der Waals surface area (Å²) in [6, 6.07) is 8.37. The Morgan fingerprint density at radius 1 is 1.31 bits per heavy atom. The number of aliphatic carboxylic acids is 1. The summed E-state index contributed by atoms with van der Waals surface area (Å²) < 4.78 is 44.6. The molecule has 0 aromatic heterocycles. The highest BCUT2D eigenvalue weighted by atomic mass is 19.4. The highest BCUT2D eigenvalue weighted by Crippen LogP contribution is 2.37. The van der Waals surface area contributed by atoms with Crippen molar-refractivity contribution in [3.05, 3.63) is 35.9 Å². The lowest BCUT2D eigenvalue weighted by molar-refractivity contribution is -0.187.